The number of aryl methyl sites for hydroxylation is 1. The molecule has 1 aromatic heterocycles. The first-order valence-corrected chi connectivity index (χ1v) is 7.75. The standard InChI is InChI=1S/C11H17N3O3S/c1-8-12-7-10(18(2,15)16)11(14-8)13-6-9-4-3-5-17-9/h7,9H,3-6H2,1-2H3,(H,12,13,14)/t9-/m0/s1. The molecule has 1 saturated heterocycles. The molecule has 2 heterocycles. The van der Waals surface area contributed by atoms with Crippen LogP contribution in [0, 0.1) is 6.92 Å². The fourth-order valence-corrected chi connectivity index (χ4v) is 2.59. The van der Waals surface area contributed by atoms with Crippen molar-refractivity contribution in [1.82, 2.24) is 9.97 Å². The maximum Gasteiger partial charge on any atom is 0.180 e. The zero-order valence-electron chi connectivity index (χ0n) is 10.5. The minimum absolute atomic E-state index is 0.131. The number of sulfone groups is 1. The first-order chi connectivity index (χ1) is 8.47. The van der Waals surface area contributed by atoms with Gasteiger partial charge in [-0.05, 0) is 19.8 Å². The Morgan fingerprint density at radius 2 is 2.33 bits per heavy atom. The second kappa shape index (κ2) is 5.19. The molecule has 1 aliphatic rings. The van der Waals surface area contributed by atoms with Gasteiger partial charge in [-0.15, -0.1) is 0 Å². The molecule has 6 nitrogen and oxygen atoms in total. The van der Waals surface area contributed by atoms with E-state index in [0.29, 0.717) is 18.2 Å². The second-order valence-electron chi connectivity index (χ2n) is 4.42. The lowest BCUT2D eigenvalue weighted by Gasteiger charge is -2.13. The van der Waals surface area contributed by atoms with E-state index in [1.54, 1.807) is 6.92 Å². The van der Waals surface area contributed by atoms with Crippen LogP contribution >= 0.6 is 0 Å². The number of anilines is 1. The molecule has 18 heavy (non-hydrogen) atoms. The van der Waals surface area contributed by atoms with Crippen molar-refractivity contribution in [3.05, 3.63) is 12.0 Å². The predicted octanol–water partition coefficient (Wildman–Crippen LogP) is 0.779. The molecule has 1 N–H and O–H groups in total. The van der Waals surface area contributed by atoms with Crippen molar-refractivity contribution in [2.45, 2.75) is 30.8 Å². The van der Waals surface area contributed by atoms with Crippen molar-refractivity contribution in [3.63, 3.8) is 0 Å². The summed E-state index contributed by atoms with van der Waals surface area (Å²) in [7, 11) is -3.32. The van der Waals surface area contributed by atoms with Gasteiger partial charge in [0.05, 0.1) is 12.3 Å². The Morgan fingerprint density at radius 3 is 2.94 bits per heavy atom. The molecule has 0 aromatic carbocycles. The number of hydrogen-bond donors (Lipinski definition) is 1. The Bertz CT molecular complexity index is 524. The van der Waals surface area contributed by atoms with Crippen LogP contribution in [0.4, 0.5) is 5.82 Å². The van der Waals surface area contributed by atoms with Gasteiger partial charge < -0.3 is 10.1 Å². The molecule has 0 aliphatic carbocycles. The maximum absolute atomic E-state index is 11.6. The summed E-state index contributed by atoms with van der Waals surface area (Å²) < 4.78 is 28.7. The van der Waals surface area contributed by atoms with Gasteiger partial charge in [-0.2, -0.15) is 0 Å². The highest BCUT2D eigenvalue weighted by molar-refractivity contribution is 7.90. The highest BCUT2D eigenvalue weighted by Crippen LogP contribution is 2.19. The highest BCUT2D eigenvalue weighted by Gasteiger charge is 2.19. The van der Waals surface area contributed by atoms with Crippen molar-refractivity contribution < 1.29 is 13.2 Å². The van der Waals surface area contributed by atoms with Gasteiger partial charge in [0.2, 0.25) is 0 Å². The van der Waals surface area contributed by atoms with Gasteiger partial charge >= 0.3 is 0 Å². The molecule has 0 saturated carbocycles. The molecule has 0 bridgehead atoms. The van der Waals surface area contributed by atoms with E-state index in [0.717, 1.165) is 25.7 Å². The average molecular weight is 271 g/mol. The normalized spacial score (nSPS) is 20.0. The summed E-state index contributed by atoms with van der Waals surface area (Å²) in [5.74, 6) is 0.901. The molecule has 2 rings (SSSR count). The minimum atomic E-state index is -3.32. The molecule has 7 heteroatoms. The zero-order valence-corrected chi connectivity index (χ0v) is 11.3. The Morgan fingerprint density at radius 1 is 1.56 bits per heavy atom. The lowest BCUT2D eigenvalue weighted by Crippen LogP contribution is -2.20. The summed E-state index contributed by atoms with van der Waals surface area (Å²) in [6.45, 7) is 3.07. The number of hydrogen-bond acceptors (Lipinski definition) is 6. The predicted molar refractivity (Wildman–Crippen MR) is 67.3 cm³/mol. The van der Waals surface area contributed by atoms with E-state index in [9.17, 15) is 8.42 Å². The van der Waals surface area contributed by atoms with Crippen molar-refractivity contribution in [2.75, 3.05) is 24.7 Å². The summed E-state index contributed by atoms with van der Waals surface area (Å²) >= 11 is 0. The molecule has 0 radical (unpaired) electrons. The van der Waals surface area contributed by atoms with E-state index < -0.39 is 9.84 Å². The summed E-state index contributed by atoms with van der Waals surface area (Å²) in [6, 6.07) is 0. The van der Waals surface area contributed by atoms with E-state index >= 15 is 0 Å². The van der Waals surface area contributed by atoms with Gasteiger partial charge in [0.1, 0.15) is 16.5 Å². The highest BCUT2D eigenvalue weighted by atomic mass is 32.2. The molecule has 1 fully saturated rings. The first-order valence-electron chi connectivity index (χ1n) is 5.86. The largest absolute Gasteiger partial charge is 0.376 e. The second-order valence-corrected chi connectivity index (χ2v) is 6.40. The third-order valence-electron chi connectivity index (χ3n) is 2.80. The van der Waals surface area contributed by atoms with Crippen LogP contribution in [0.25, 0.3) is 0 Å². The fourth-order valence-electron chi connectivity index (χ4n) is 1.87. The van der Waals surface area contributed by atoms with Crippen LogP contribution in [0.2, 0.25) is 0 Å². The Balaban J connectivity index is 2.17. The monoisotopic (exact) mass is 271 g/mol. The van der Waals surface area contributed by atoms with Gasteiger partial charge in [-0.1, -0.05) is 0 Å². The van der Waals surface area contributed by atoms with Crippen LogP contribution in [-0.4, -0.2) is 43.9 Å². The minimum Gasteiger partial charge on any atom is -0.376 e. The van der Waals surface area contributed by atoms with Gasteiger partial charge in [0.15, 0.2) is 9.84 Å². The SMILES string of the molecule is Cc1ncc(S(C)(=O)=O)c(NC[C@@H]2CCCO2)n1. The van der Waals surface area contributed by atoms with Crippen molar-refractivity contribution >= 4 is 15.7 Å². The third-order valence-corrected chi connectivity index (χ3v) is 3.89. The van der Waals surface area contributed by atoms with Crippen LogP contribution in [0.3, 0.4) is 0 Å². The molecule has 1 aromatic rings. The molecular formula is C11H17N3O3S. The van der Waals surface area contributed by atoms with Crippen LogP contribution in [0.5, 0.6) is 0 Å². The quantitative estimate of drug-likeness (QED) is 0.871. The van der Waals surface area contributed by atoms with Crippen molar-refractivity contribution in [3.8, 4) is 0 Å². The summed E-state index contributed by atoms with van der Waals surface area (Å²) in [5.41, 5.74) is 0. The number of nitrogens with one attached hydrogen (secondary N) is 1. The van der Waals surface area contributed by atoms with Gasteiger partial charge in [0, 0.05) is 19.4 Å². The Hall–Kier alpha value is -1.21. The molecule has 0 spiro atoms. The summed E-state index contributed by atoms with van der Waals surface area (Å²) in [4.78, 5) is 8.20. The van der Waals surface area contributed by atoms with Crippen molar-refractivity contribution in [2.24, 2.45) is 0 Å². The molecular weight excluding hydrogens is 254 g/mol. The number of rotatable bonds is 4. The van der Waals surface area contributed by atoms with Crippen LogP contribution in [0.1, 0.15) is 18.7 Å². The van der Waals surface area contributed by atoms with E-state index in [1.165, 1.54) is 6.20 Å². The lowest BCUT2D eigenvalue weighted by atomic mass is 10.2. The molecule has 1 aliphatic heterocycles. The first kappa shape index (κ1) is 13.2. The average Bonchev–Trinajstić information content (AvgIpc) is 2.77. The number of nitrogens with zero attached hydrogens (tertiary/aromatic N) is 2. The lowest BCUT2D eigenvalue weighted by molar-refractivity contribution is 0.120. The van der Waals surface area contributed by atoms with E-state index in [-0.39, 0.29) is 11.0 Å². The summed E-state index contributed by atoms with van der Waals surface area (Å²) in [6.07, 6.45) is 4.67. The van der Waals surface area contributed by atoms with Gasteiger partial charge in [-0.3, -0.25) is 0 Å². The Kier molecular flexibility index (Phi) is 3.82. The van der Waals surface area contributed by atoms with Gasteiger partial charge in [-0.25, -0.2) is 18.4 Å². The van der Waals surface area contributed by atoms with E-state index in [1.807, 2.05) is 0 Å². The van der Waals surface area contributed by atoms with Crippen LogP contribution in [0.15, 0.2) is 11.1 Å². The number of aromatic nitrogens is 2. The smallest absolute Gasteiger partial charge is 0.180 e. The van der Waals surface area contributed by atoms with Crippen molar-refractivity contribution in [1.29, 1.82) is 0 Å². The molecule has 100 valence electrons. The zero-order chi connectivity index (χ0) is 13.2. The maximum atomic E-state index is 11.6. The molecule has 0 unspecified atom stereocenters. The molecule has 1 atom stereocenters. The van der Waals surface area contributed by atoms with Crippen LogP contribution < -0.4 is 5.32 Å². The third kappa shape index (κ3) is 3.17. The fraction of sp³-hybridized carbons (Fsp3) is 0.636. The molecule has 0 amide bonds. The van der Waals surface area contributed by atoms with E-state index in [2.05, 4.69) is 15.3 Å². The van der Waals surface area contributed by atoms with E-state index in [4.69, 9.17) is 4.74 Å². The topological polar surface area (TPSA) is 81.2 Å². The van der Waals surface area contributed by atoms with Crippen LogP contribution in [-0.2, 0) is 14.6 Å². The van der Waals surface area contributed by atoms with Gasteiger partial charge in [0.25, 0.3) is 0 Å². The Labute approximate surface area is 107 Å². The number of ether oxygens (including phenoxy) is 1. The summed E-state index contributed by atoms with van der Waals surface area (Å²) in [5, 5.41) is 3.05.